The van der Waals surface area contributed by atoms with Gasteiger partial charge in [-0.25, -0.2) is 9.18 Å². The number of rotatable bonds is 2. The molecule has 0 radical (unpaired) electrons. The number of nitrogens with one attached hydrogen (secondary N) is 1. The summed E-state index contributed by atoms with van der Waals surface area (Å²) in [7, 11) is 1.54. The third-order valence-electron chi connectivity index (χ3n) is 3.06. The molecule has 0 aliphatic carbocycles. The first-order valence-corrected chi connectivity index (χ1v) is 6.41. The minimum atomic E-state index is -0.661. The molecule has 1 amide bonds. The van der Waals surface area contributed by atoms with E-state index in [2.05, 4.69) is 5.32 Å². The third-order valence-corrected chi connectivity index (χ3v) is 3.06. The van der Waals surface area contributed by atoms with E-state index in [1.54, 1.807) is 14.0 Å². The molecule has 0 saturated carbocycles. The van der Waals surface area contributed by atoms with Gasteiger partial charge in [-0.3, -0.25) is 4.79 Å². The topological polar surface area (TPSA) is 84.7 Å². The second-order valence-electron chi connectivity index (χ2n) is 4.59. The number of benzene rings is 1. The maximum absolute atomic E-state index is 13.3. The van der Waals surface area contributed by atoms with Crippen molar-refractivity contribution in [3.63, 3.8) is 0 Å². The van der Waals surface area contributed by atoms with Crippen molar-refractivity contribution in [3.05, 3.63) is 41.0 Å². The molecule has 3 N–H and O–H groups in total. The Kier molecular flexibility index (Phi) is 5.76. The van der Waals surface area contributed by atoms with Crippen molar-refractivity contribution in [2.24, 2.45) is 5.73 Å². The smallest absolute Gasteiger partial charge is 0.356 e. The number of carbonyl (C=O) groups is 2. The van der Waals surface area contributed by atoms with E-state index in [4.69, 9.17) is 10.5 Å². The fourth-order valence-electron chi connectivity index (χ4n) is 2.00. The number of carbonyl (C=O) groups excluding carboxylic acids is 2. The van der Waals surface area contributed by atoms with Gasteiger partial charge in [-0.05, 0) is 25.1 Å². The molecule has 22 heavy (non-hydrogen) atoms. The lowest BCUT2D eigenvalue weighted by molar-refractivity contribution is -0.138. The molecule has 0 saturated heterocycles. The number of esters is 1. The molecule has 6 nitrogen and oxygen atoms in total. The van der Waals surface area contributed by atoms with E-state index in [1.165, 1.54) is 17.0 Å². The van der Waals surface area contributed by atoms with Crippen molar-refractivity contribution >= 4 is 30.0 Å². The summed E-state index contributed by atoms with van der Waals surface area (Å²) in [5.41, 5.74) is 6.59. The number of fused-ring (bicyclic) bond motifs is 1. The largest absolute Gasteiger partial charge is 0.461 e. The number of hydrogen-bond donors (Lipinski definition) is 2. The minimum Gasteiger partial charge on any atom is -0.461 e. The SMILES string of the molecule is CCOC(=O)/C(N)=C1\CN(C)C(=O)c2cc(F)ccc2N1.Cl. The van der Waals surface area contributed by atoms with Gasteiger partial charge in [0.1, 0.15) is 11.5 Å². The summed E-state index contributed by atoms with van der Waals surface area (Å²) in [5.74, 6) is -1.53. The van der Waals surface area contributed by atoms with Crippen molar-refractivity contribution in [2.75, 3.05) is 25.5 Å². The molecular formula is C14H17ClFN3O3. The Morgan fingerprint density at radius 2 is 2.18 bits per heavy atom. The van der Waals surface area contributed by atoms with Crippen LogP contribution in [0, 0.1) is 5.82 Å². The Morgan fingerprint density at radius 3 is 2.82 bits per heavy atom. The van der Waals surface area contributed by atoms with Gasteiger partial charge in [0.05, 0.1) is 30.1 Å². The van der Waals surface area contributed by atoms with Crippen molar-refractivity contribution in [3.8, 4) is 0 Å². The highest BCUT2D eigenvalue weighted by Crippen LogP contribution is 2.24. The second kappa shape index (κ2) is 7.13. The number of nitrogens with zero attached hydrogens (tertiary/aromatic N) is 1. The predicted octanol–water partition coefficient (Wildman–Crippen LogP) is 1.48. The van der Waals surface area contributed by atoms with Crippen molar-refractivity contribution in [1.29, 1.82) is 0 Å². The predicted molar refractivity (Wildman–Crippen MR) is 82.1 cm³/mol. The lowest BCUT2D eigenvalue weighted by atomic mass is 10.1. The molecule has 1 aromatic carbocycles. The molecule has 0 fully saturated rings. The normalized spacial score (nSPS) is 16.0. The Bertz CT molecular complexity index is 634. The summed E-state index contributed by atoms with van der Waals surface area (Å²) < 4.78 is 18.1. The minimum absolute atomic E-state index is 0. The molecule has 2 rings (SSSR count). The fraction of sp³-hybridized carbons (Fsp3) is 0.286. The van der Waals surface area contributed by atoms with Crippen LogP contribution in [0.3, 0.4) is 0 Å². The first-order valence-electron chi connectivity index (χ1n) is 6.41. The molecular weight excluding hydrogens is 313 g/mol. The van der Waals surface area contributed by atoms with Crippen LogP contribution in [-0.4, -0.2) is 37.0 Å². The number of halogens is 2. The van der Waals surface area contributed by atoms with E-state index in [9.17, 15) is 14.0 Å². The van der Waals surface area contributed by atoms with E-state index >= 15 is 0 Å². The van der Waals surface area contributed by atoms with Gasteiger partial charge in [-0.1, -0.05) is 0 Å². The highest BCUT2D eigenvalue weighted by molar-refractivity contribution is 6.01. The zero-order valence-corrected chi connectivity index (χ0v) is 13.0. The van der Waals surface area contributed by atoms with E-state index in [1.807, 2.05) is 0 Å². The van der Waals surface area contributed by atoms with E-state index in [-0.39, 0.29) is 42.7 Å². The lowest BCUT2D eigenvalue weighted by Crippen LogP contribution is -2.30. The van der Waals surface area contributed by atoms with Crippen molar-refractivity contribution in [1.82, 2.24) is 4.90 Å². The Labute approximate surface area is 133 Å². The van der Waals surface area contributed by atoms with Crippen molar-refractivity contribution in [2.45, 2.75) is 6.92 Å². The summed E-state index contributed by atoms with van der Waals surface area (Å²) in [6.07, 6.45) is 0. The molecule has 8 heteroatoms. The standard InChI is InChI=1S/C14H16FN3O3.ClH/c1-3-21-14(20)12(16)11-7-18(2)13(19)9-6-8(15)4-5-10(9)17-11;/h4-6,17H,3,7,16H2,1-2H3;1H/b12-11-;. The van der Waals surface area contributed by atoms with Gasteiger partial charge in [0, 0.05) is 7.05 Å². The van der Waals surface area contributed by atoms with Crippen molar-refractivity contribution < 1.29 is 18.7 Å². The first kappa shape index (κ1) is 17.8. The maximum atomic E-state index is 13.3. The van der Waals surface area contributed by atoms with E-state index < -0.39 is 11.8 Å². The van der Waals surface area contributed by atoms with Gasteiger partial charge >= 0.3 is 5.97 Å². The van der Waals surface area contributed by atoms with Crippen LogP contribution in [0.2, 0.25) is 0 Å². The van der Waals surface area contributed by atoms with Gasteiger partial charge in [0.15, 0.2) is 0 Å². The highest BCUT2D eigenvalue weighted by atomic mass is 35.5. The molecule has 1 aliphatic rings. The van der Waals surface area contributed by atoms with Crippen LogP contribution in [-0.2, 0) is 9.53 Å². The quantitative estimate of drug-likeness (QED) is 0.634. The van der Waals surface area contributed by atoms with Crippen LogP contribution < -0.4 is 11.1 Å². The third kappa shape index (κ3) is 3.48. The number of nitrogens with two attached hydrogens (primary N) is 1. The molecule has 120 valence electrons. The Balaban J connectivity index is 0.00000242. The average Bonchev–Trinajstić information content (AvgIpc) is 2.57. The molecule has 1 heterocycles. The lowest BCUT2D eigenvalue weighted by Gasteiger charge is -2.16. The average molecular weight is 330 g/mol. The summed E-state index contributed by atoms with van der Waals surface area (Å²) >= 11 is 0. The monoisotopic (exact) mass is 329 g/mol. The summed E-state index contributed by atoms with van der Waals surface area (Å²) in [5, 5.41) is 2.91. The maximum Gasteiger partial charge on any atom is 0.356 e. The van der Waals surface area contributed by atoms with Crippen LogP contribution in [0.1, 0.15) is 17.3 Å². The molecule has 1 aliphatic heterocycles. The molecule has 0 atom stereocenters. The van der Waals surface area contributed by atoms with Crippen LogP contribution in [0.25, 0.3) is 0 Å². The fourth-order valence-corrected chi connectivity index (χ4v) is 2.00. The van der Waals surface area contributed by atoms with Gasteiger partial charge in [-0.2, -0.15) is 0 Å². The van der Waals surface area contributed by atoms with Crippen LogP contribution in [0.4, 0.5) is 10.1 Å². The molecule has 0 spiro atoms. The molecule has 1 aromatic rings. The van der Waals surface area contributed by atoms with Gasteiger partial charge in [0.25, 0.3) is 5.91 Å². The molecule has 0 unspecified atom stereocenters. The van der Waals surface area contributed by atoms with Crippen LogP contribution >= 0.6 is 12.4 Å². The summed E-state index contributed by atoms with van der Waals surface area (Å²) in [4.78, 5) is 25.2. The highest BCUT2D eigenvalue weighted by Gasteiger charge is 2.25. The molecule has 0 bridgehead atoms. The summed E-state index contributed by atoms with van der Waals surface area (Å²) in [6, 6.07) is 3.80. The summed E-state index contributed by atoms with van der Waals surface area (Å²) in [6.45, 7) is 1.97. The number of hydrogen-bond acceptors (Lipinski definition) is 5. The number of amides is 1. The Morgan fingerprint density at radius 1 is 1.50 bits per heavy atom. The van der Waals surface area contributed by atoms with Gasteiger partial charge < -0.3 is 20.7 Å². The number of anilines is 1. The first-order chi connectivity index (χ1) is 9.93. The van der Waals surface area contributed by atoms with Crippen LogP contribution in [0.5, 0.6) is 0 Å². The zero-order valence-electron chi connectivity index (χ0n) is 12.2. The van der Waals surface area contributed by atoms with Gasteiger partial charge in [-0.15, -0.1) is 12.4 Å². The van der Waals surface area contributed by atoms with Crippen LogP contribution in [0.15, 0.2) is 29.6 Å². The Hall–Kier alpha value is -2.28. The number of likely N-dealkylation sites (N-methyl/N-ethyl adjacent to an activating group) is 1. The second-order valence-corrected chi connectivity index (χ2v) is 4.59. The van der Waals surface area contributed by atoms with Gasteiger partial charge in [0.2, 0.25) is 0 Å². The molecule has 0 aromatic heterocycles. The zero-order chi connectivity index (χ0) is 15.6. The number of ether oxygens (including phenoxy) is 1. The van der Waals surface area contributed by atoms with E-state index in [0.29, 0.717) is 11.4 Å². The van der Waals surface area contributed by atoms with E-state index in [0.717, 1.165) is 6.07 Å².